The molecule has 166 valence electrons. The largest absolute Gasteiger partial charge is 0.355 e. The summed E-state index contributed by atoms with van der Waals surface area (Å²) in [5.41, 5.74) is 4.62. The maximum atomic E-state index is 4.74. The number of hydrogen-bond donors (Lipinski definition) is 2. The van der Waals surface area contributed by atoms with E-state index in [4.69, 9.17) is 5.10 Å². The topological polar surface area (TPSA) is 57.5 Å². The summed E-state index contributed by atoms with van der Waals surface area (Å²) < 4.78 is 2.02. The van der Waals surface area contributed by atoms with Gasteiger partial charge in [-0.25, -0.2) is 4.68 Å². The van der Waals surface area contributed by atoms with Crippen molar-refractivity contribution in [2.24, 2.45) is 4.99 Å². The lowest BCUT2D eigenvalue weighted by Gasteiger charge is -2.41. The normalized spacial score (nSPS) is 15.6. The maximum Gasteiger partial charge on any atom is 0.191 e. The van der Waals surface area contributed by atoms with Gasteiger partial charge in [-0.3, -0.25) is 9.89 Å². The zero-order valence-corrected chi connectivity index (χ0v) is 21.4. The predicted molar refractivity (Wildman–Crippen MR) is 136 cm³/mol. The van der Waals surface area contributed by atoms with Crippen LogP contribution < -0.4 is 10.6 Å². The summed E-state index contributed by atoms with van der Waals surface area (Å²) in [4.78, 5) is 7.02. The fourth-order valence-corrected chi connectivity index (χ4v) is 4.06. The Kier molecular flexibility index (Phi) is 9.15. The van der Waals surface area contributed by atoms with Crippen molar-refractivity contribution in [3.8, 4) is 5.69 Å². The molecule has 7 heteroatoms. The van der Waals surface area contributed by atoms with Crippen LogP contribution in [0.15, 0.2) is 35.3 Å². The highest BCUT2D eigenvalue weighted by Gasteiger charge is 2.28. The van der Waals surface area contributed by atoms with E-state index in [9.17, 15) is 0 Å². The van der Waals surface area contributed by atoms with Crippen molar-refractivity contribution >= 4 is 29.9 Å². The lowest BCUT2D eigenvalue weighted by atomic mass is 9.98. The Hall–Kier alpha value is -1.61. The highest BCUT2D eigenvalue weighted by atomic mass is 127. The Bertz CT molecular complexity index is 822. The lowest BCUT2D eigenvalue weighted by molar-refractivity contribution is 0.0982. The van der Waals surface area contributed by atoms with Crippen LogP contribution in [-0.4, -0.2) is 52.9 Å². The molecule has 1 saturated heterocycles. The molecular weight excluding hydrogens is 487 g/mol. The number of aryl methyl sites for hydroxylation is 1. The van der Waals surface area contributed by atoms with Crippen LogP contribution in [0.2, 0.25) is 0 Å². The first-order valence-corrected chi connectivity index (χ1v) is 10.7. The molecule has 0 radical (unpaired) electrons. The summed E-state index contributed by atoms with van der Waals surface area (Å²) in [5.74, 6) is 0.835. The van der Waals surface area contributed by atoms with Crippen molar-refractivity contribution in [1.29, 1.82) is 0 Å². The molecule has 0 saturated carbocycles. The number of piperidine rings is 1. The second kappa shape index (κ2) is 11.1. The van der Waals surface area contributed by atoms with Crippen molar-refractivity contribution in [2.45, 2.75) is 59.0 Å². The van der Waals surface area contributed by atoms with Crippen LogP contribution in [0.25, 0.3) is 5.69 Å². The summed E-state index contributed by atoms with van der Waals surface area (Å²) in [7, 11) is 1.83. The van der Waals surface area contributed by atoms with E-state index >= 15 is 0 Å². The predicted octanol–water partition coefficient (Wildman–Crippen LogP) is 4.04. The molecule has 1 fully saturated rings. The average Bonchev–Trinajstić information content (AvgIpc) is 3.03. The SMILES string of the molecule is CN=C(NCc1c(C)nn(-c2ccccc2)c1C)NCC(C)(C)N1CCCCC1.I. The van der Waals surface area contributed by atoms with Crippen molar-refractivity contribution < 1.29 is 0 Å². The van der Waals surface area contributed by atoms with E-state index in [-0.39, 0.29) is 29.5 Å². The second-order valence-electron chi connectivity index (χ2n) is 8.54. The quantitative estimate of drug-likeness (QED) is 0.341. The number of guanidine groups is 1. The summed E-state index contributed by atoms with van der Waals surface area (Å²) in [5, 5.41) is 11.7. The fourth-order valence-electron chi connectivity index (χ4n) is 4.06. The summed E-state index contributed by atoms with van der Waals surface area (Å²) in [6, 6.07) is 10.3. The Morgan fingerprint density at radius 3 is 2.37 bits per heavy atom. The van der Waals surface area contributed by atoms with Gasteiger partial charge in [0.2, 0.25) is 0 Å². The summed E-state index contributed by atoms with van der Waals surface area (Å²) in [6.07, 6.45) is 3.97. The van der Waals surface area contributed by atoms with Crippen molar-refractivity contribution in [1.82, 2.24) is 25.3 Å². The van der Waals surface area contributed by atoms with E-state index < -0.39 is 0 Å². The van der Waals surface area contributed by atoms with Crippen LogP contribution in [0.5, 0.6) is 0 Å². The van der Waals surface area contributed by atoms with E-state index in [0.717, 1.165) is 29.6 Å². The molecule has 0 atom stereocenters. The van der Waals surface area contributed by atoms with Gasteiger partial charge in [0.1, 0.15) is 0 Å². The zero-order valence-electron chi connectivity index (χ0n) is 19.0. The number of halogens is 1. The van der Waals surface area contributed by atoms with Crippen molar-refractivity contribution in [3.05, 3.63) is 47.3 Å². The smallest absolute Gasteiger partial charge is 0.191 e. The third-order valence-corrected chi connectivity index (χ3v) is 6.00. The standard InChI is InChI=1S/C23H36N6.HI/c1-18-21(19(2)29(27-18)20-12-8-6-9-13-20)16-25-22(24-5)26-17-23(3,4)28-14-10-7-11-15-28;/h6,8-9,12-13H,7,10-11,14-17H2,1-5H3,(H2,24,25,26);1H. The van der Waals surface area contributed by atoms with E-state index in [0.29, 0.717) is 6.54 Å². The molecule has 1 aliphatic rings. The number of aliphatic imine (C=N–C) groups is 1. The molecule has 1 aromatic carbocycles. The van der Waals surface area contributed by atoms with E-state index in [1.165, 1.54) is 37.9 Å². The highest BCUT2D eigenvalue weighted by molar-refractivity contribution is 14.0. The summed E-state index contributed by atoms with van der Waals surface area (Å²) in [6.45, 7) is 12.8. The molecule has 0 spiro atoms. The minimum atomic E-state index is 0. The number of nitrogens with one attached hydrogen (secondary N) is 2. The van der Waals surface area contributed by atoms with Crippen LogP contribution >= 0.6 is 24.0 Å². The van der Waals surface area contributed by atoms with Crippen LogP contribution in [-0.2, 0) is 6.54 Å². The minimum Gasteiger partial charge on any atom is -0.355 e. The third-order valence-electron chi connectivity index (χ3n) is 6.00. The molecule has 30 heavy (non-hydrogen) atoms. The number of nitrogens with zero attached hydrogens (tertiary/aromatic N) is 4. The van der Waals surface area contributed by atoms with Gasteiger partial charge in [0.15, 0.2) is 5.96 Å². The van der Waals surface area contributed by atoms with Gasteiger partial charge in [-0.2, -0.15) is 5.10 Å². The monoisotopic (exact) mass is 524 g/mol. The number of rotatable bonds is 6. The van der Waals surface area contributed by atoms with Crippen molar-refractivity contribution in [2.75, 3.05) is 26.7 Å². The maximum absolute atomic E-state index is 4.74. The van der Waals surface area contributed by atoms with Crippen LogP contribution in [0, 0.1) is 13.8 Å². The van der Waals surface area contributed by atoms with Gasteiger partial charge >= 0.3 is 0 Å². The minimum absolute atomic E-state index is 0. The Balaban J connectivity index is 0.00000320. The van der Waals surface area contributed by atoms with Gasteiger partial charge in [0, 0.05) is 36.9 Å². The first-order valence-electron chi connectivity index (χ1n) is 10.7. The zero-order chi connectivity index (χ0) is 20.9. The number of benzene rings is 1. The molecule has 2 heterocycles. The molecule has 0 bridgehead atoms. The first-order chi connectivity index (χ1) is 13.9. The molecule has 2 N–H and O–H groups in total. The van der Waals surface area contributed by atoms with Crippen LogP contribution in [0.4, 0.5) is 0 Å². The molecule has 1 aliphatic heterocycles. The van der Waals surface area contributed by atoms with Gasteiger partial charge in [-0.05, 0) is 65.8 Å². The molecule has 3 rings (SSSR count). The molecule has 0 unspecified atom stereocenters. The molecule has 6 nitrogen and oxygen atoms in total. The summed E-state index contributed by atoms with van der Waals surface area (Å²) >= 11 is 0. The van der Waals surface area contributed by atoms with Gasteiger partial charge < -0.3 is 10.6 Å². The molecule has 0 aliphatic carbocycles. The first kappa shape index (κ1) is 24.7. The van der Waals surface area contributed by atoms with Gasteiger partial charge in [-0.1, -0.05) is 24.6 Å². The molecule has 2 aromatic rings. The number of aromatic nitrogens is 2. The van der Waals surface area contributed by atoms with Crippen LogP contribution in [0.1, 0.15) is 50.1 Å². The van der Waals surface area contributed by atoms with E-state index in [1.807, 2.05) is 29.9 Å². The number of para-hydroxylation sites is 1. The van der Waals surface area contributed by atoms with Gasteiger partial charge in [0.05, 0.1) is 11.4 Å². The highest BCUT2D eigenvalue weighted by Crippen LogP contribution is 2.20. The van der Waals surface area contributed by atoms with Crippen molar-refractivity contribution in [3.63, 3.8) is 0 Å². The molecular formula is C23H37IN6. The lowest BCUT2D eigenvalue weighted by Crippen LogP contribution is -2.54. The second-order valence-corrected chi connectivity index (χ2v) is 8.54. The Morgan fingerprint density at radius 1 is 1.07 bits per heavy atom. The van der Waals surface area contributed by atoms with Gasteiger partial charge in [0.25, 0.3) is 0 Å². The molecule has 1 aromatic heterocycles. The fraction of sp³-hybridized carbons (Fsp3) is 0.565. The molecule has 0 amide bonds. The van der Waals surface area contributed by atoms with Gasteiger partial charge in [-0.15, -0.1) is 24.0 Å². The number of hydrogen-bond acceptors (Lipinski definition) is 3. The third kappa shape index (κ3) is 5.97. The van der Waals surface area contributed by atoms with Crippen LogP contribution in [0.3, 0.4) is 0 Å². The Labute approximate surface area is 198 Å². The number of likely N-dealkylation sites (tertiary alicyclic amines) is 1. The Morgan fingerprint density at radius 2 is 1.73 bits per heavy atom. The van der Waals surface area contributed by atoms with E-state index in [1.54, 1.807) is 0 Å². The average molecular weight is 524 g/mol. The van der Waals surface area contributed by atoms with E-state index in [2.05, 4.69) is 60.4 Å².